The molecule has 1 fully saturated rings. The van der Waals surface area contributed by atoms with E-state index in [2.05, 4.69) is 27.9 Å². The Morgan fingerprint density at radius 1 is 1.31 bits per heavy atom. The number of hydrogen-bond acceptors (Lipinski definition) is 4. The van der Waals surface area contributed by atoms with Crippen molar-refractivity contribution < 1.29 is 9.59 Å². The molecule has 0 aliphatic carbocycles. The minimum atomic E-state index is -0.0660. The molecule has 1 aromatic rings. The van der Waals surface area contributed by atoms with Gasteiger partial charge >= 0.3 is 0 Å². The summed E-state index contributed by atoms with van der Waals surface area (Å²) in [6, 6.07) is 3.75. The summed E-state index contributed by atoms with van der Waals surface area (Å²) in [5.74, 6) is 0.918. The third kappa shape index (κ3) is 9.36. The lowest BCUT2D eigenvalue weighted by molar-refractivity contribution is -0.123. The van der Waals surface area contributed by atoms with Gasteiger partial charge in [-0.05, 0) is 49.4 Å². The van der Waals surface area contributed by atoms with Crippen LogP contribution in [0.3, 0.4) is 0 Å². The maximum absolute atomic E-state index is 12.0. The summed E-state index contributed by atoms with van der Waals surface area (Å²) in [6.45, 7) is 5.08. The summed E-state index contributed by atoms with van der Waals surface area (Å²) in [7, 11) is 0. The summed E-state index contributed by atoms with van der Waals surface area (Å²) >= 11 is 0. The molecule has 26 heavy (non-hydrogen) atoms. The number of rotatable bonds is 8. The molecule has 148 valence electrons. The molecule has 8 heteroatoms. The second-order valence-corrected chi connectivity index (χ2v) is 6.53. The summed E-state index contributed by atoms with van der Waals surface area (Å²) in [5, 5.41) is 9.06. The molecule has 2 unspecified atom stereocenters. The van der Waals surface area contributed by atoms with Gasteiger partial charge in [-0.15, -0.1) is 24.8 Å². The first kappa shape index (κ1) is 24.6. The average Bonchev–Trinajstić information content (AvgIpc) is 2.61. The minimum absolute atomic E-state index is 0. The highest BCUT2D eigenvalue weighted by molar-refractivity contribution is 5.85. The number of pyridine rings is 1. The van der Waals surface area contributed by atoms with Gasteiger partial charge in [0.15, 0.2) is 0 Å². The van der Waals surface area contributed by atoms with Crippen molar-refractivity contribution in [1.82, 2.24) is 20.9 Å². The van der Waals surface area contributed by atoms with Crippen molar-refractivity contribution in [3.63, 3.8) is 0 Å². The molecule has 0 bridgehead atoms. The topological polar surface area (TPSA) is 83.1 Å². The Morgan fingerprint density at radius 2 is 2.12 bits per heavy atom. The van der Waals surface area contributed by atoms with Crippen molar-refractivity contribution in [3.05, 3.63) is 30.1 Å². The fourth-order valence-corrected chi connectivity index (χ4v) is 3.00. The van der Waals surface area contributed by atoms with Crippen LogP contribution in [0.2, 0.25) is 0 Å². The minimum Gasteiger partial charge on any atom is -0.356 e. The number of amides is 2. The molecule has 1 aliphatic heterocycles. The van der Waals surface area contributed by atoms with Gasteiger partial charge in [0.1, 0.15) is 0 Å². The number of hydrogen-bond donors (Lipinski definition) is 3. The van der Waals surface area contributed by atoms with Crippen LogP contribution in [-0.4, -0.2) is 36.4 Å². The predicted molar refractivity (Wildman–Crippen MR) is 108 cm³/mol. The third-order valence-electron chi connectivity index (χ3n) is 4.53. The first-order valence-electron chi connectivity index (χ1n) is 8.78. The van der Waals surface area contributed by atoms with Gasteiger partial charge in [0, 0.05) is 38.3 Å². The van der Waals surface area contributed by atoms with Crippen molar-refractivity contribution in [2.75, 3.05) is 19.6 Å². The summed E-state index contributed by atoms with van der Waals surface area (Å²) in [6.07, 6.45) is 6.63. The smallest absolute Gasteiger partial charge is 0.222 e. The van der Waals surface area contributed by atoms with Gasteiger partial charge in [-0.3, -0.25) is 14.6 Å². The third-order valence-corrected chi connectivity index (χ3v) is 4.53. The molecule has 2 atom stereocenters. The molecule has 0 aromatic carbocycles. The summed E-state index contributed by atoms with van der Waals surface area (Å²) < 4.78 is 0. The SMILES string of the molecule is CC(CC(=O)NCCC(=O)NCc1cccnc1)C1CCCNC1.Cl.Cl. The Bertz CT molecular complexity index is 525. The van der Waals surface area contributed by atoms with Crippen LogP contribution in [0.1, 0.15) is 38.2 Å². The number of carbonyl (C=O) groups excluding carboxylic acids is 2. The van der Waals surface area contributed by atoms with Gasteiger partial charge in [-0.2, -0.15) is 0 Å². The zero-order valence-electron chi connectivity index (χ0n) is 15.2. The van der Waals surface area contributed by atoms with Gasteiger partial charge in [-0.25, -0.2) is 0 Å². The molecule has 0 radical (unpaired) electrons. The second-order valence-electron chi connectivity index (χ2n) is 6.53. The van der Waals surface area contributed by atoms with Crippen LogP contribution in [0.15, 0.2) is 24.5 Å². The predicted octanol–water partition coefficient (Wildman–Crippen LogP) is 2.07. The zero-order valence-corrected chi connectivity index (χ0v) is 16.8. The van der Waals surface area contributed by atoms with Crippen LogP contribution in [0.25, 0.3) is 0 Å². The Labute approximate surface area is 168 Å². The molecule has 6 nitrogen and oxygen atoms in total. The van der Waals surface area contributed by atoms with Gasteiger partial charge in [0.05, 0.1) is 0 Å². The van der Waals surface area contributed by atoms with E-state index >= 15 is 0 Å². The van der Waals surface area contributed by atoms with E-state index in [9.17, 15) is 9.59 Å². The number of carbonyl (C=O) groups is 2. The highest BCUT2D eigenvalue weighted by Crippen LogP contribution is 2.22. The van der Waals surface area contributed by atoms with Crippen molar-refractivity contribution in [2.24, 2.45) is 11.8 Å². The molecule has 2 heterocycles. The molecule has 1 aromatic heterocycles. The molecule has 0 spiro atoms. The molecule has 2 rings (SSSR count). The zero-order chi connectivity index (χ0) is 17.2. The van der Waals surface area contributed by atoms with E-state index in [-0.39, 0.29) is 36.6 Å². The van der Waals surface area contributed by atoms with Crippen molar-refractivity contribution in [1.29, 1.82) is 0 Å². The maximum Gasteiger partial charge on any atom is 0.222 e. The lowest BCUT2D eigenvalue weighted by atomic mass is 9.85. The fraction of sp³-hybridized carbons (Fsp3) is 0.611. The number of piperidine rings is 1. The van der Waals surface area contributed by atoms with Gasteiger partial charge < -0.3 is 16.0 Å². The molecule has 3 N–H and O–H groups in total. The summed E-state index contributed by atoms with van der Waals surface area (Å²) in [5.41, 5.74) is 0.963. The van der Waals surface area contributed by atoms with Crippen LogP contribution in [0.4, 0.5) is 0 Å². The first-order chi connectivity index (χ1) is 11.6. The van der Waals surface area contributed by atoms with Gasteiger partial charge in [0.2, 0.25) is 11.8 Å². The normalized spacial score (nSPS) is 17.2. The highest BCUT2D eigenvalue weighted by Gasteiger charge is 2.21. The standard InChI is InChI=1S/C18H28N4O2.2ClH/c1-14(16-5-3-8-20-13-16)10-18(24)21-9-6-17(23)22-12-15-4-2-7-19-11-15;;/h2,4,7,11,14,16,20H,3,5-6,8-10,12-13H2,1H3,(H,21,24)(H,22,23);2*1H. The van der Waals surface area contributed by atoms with Crippen LogP contribution in [-0.2, 0) is 16.1 Å². The molecule has 1 saturated heterocycles. The number of halogens is 2. The van der Waals surface area contributed by atoms with Gasteiger partial charge in [0.25, 0.3) is 0 Å². The molecule has 2 amide bonds. The van der Waals surface area contributed by atoms with Crippen LogP contribution < -0.4 is 16.0 Å². The van der Waals surface area contributed by atoms with Crippen molar-refractivity contribution in [2.45, 2.75) is 39.2 Å². The summed E-state index contributed by atoms with van der Waals surface area (Å²) in [4.78, 5) is 27.8. The van der Waals surface area contributed by atoms with Crippen LogP contribution >= 0.6 is 24.8 Å². The Hall–Kier alpha value is -1.37. The molecule has 0 saturated carbocycles. The van der Waals surface area contributed by atoms with Crippen molar-refractivity contribution >= 4 is 36.6 Å². The highest BCUT2D eigenvalue weighted by atomic mass is 35.5. The van der Waals surface area contributed by atoms with Crippen molar-refractivity contribution in [3.8, 4) is 0 Å². The van der Waals surface area contributed by atoms with E-state index in [0.717, 1.165) is 18.7 Å². The molecule has 1 aliphatic rings. The molecular formula is C18H30Cl2N4O2. The molecular weight excluding hydrogens is 375 g/mol. The van der Waals surface area contributed by atoms with E-state index in [1.807, 2.05) is 12.1 Å². The maximum atomic E-state index is 12.0. The number of aromatic nitrogens is 1. The van der Waals surface area contributed by atoms with E-state index in [0.29, 0.717) is 37.8 Å². The van der Waals surface area contributed by atoms with Crippen LogP contribution in [0, 0.1) is 11.8 Å². The second kappa shape index (κ2) is 13.8. The lowest BCUT2D eigenvalue weighted by Crippen LogP contribution is -2.36. The monoisotopic (exact) mass is 404 g/mol. The van der Waals surface area contributed by atoms with E-state index in [1.165, 1.54) is 12.8 Å². The quantitative estimate of drug-likeness (QED) is 0.619. The van der Waals surface area contributed by atoms with Crippen LogP contribution in [0.5, 0.6) is 0 Å². The first-order valence-corrected chi connectivity index (χ1v) is 8.78. The lowest BCUT2D eigenvalue weighted by Gasteiger charge is -2.28. The van der Waals surface area contributed by atoms with E-state index < -0.39 is 0 Å². The Balaban J connectivity index is 0.00000312. The van der Waals surface area contributed by atoms with E-state index in [1.54, 1.807) is 12.4 Å². The van der Waals surface area contributed by atoms with E-state index in [4.69, 9.17) is 0 Å². The Morgan fingerprint density at radius 3 is 2.77 bits per heavy atom. The number of nitrogens with zero attached hydrogens (tertiary/aromatic N) is 1. The largest absolute Gasteiger partial charge is 0.356 e. The number of nitrogens with one attached hydrogen (secondary N) is 3. The fourth-order valence-electron chi connectivity index (χ4n) is 3.00. The average molecular weight is 405 g/mol. The Kier molecular flexibility index (Phi) is 13.1. The van der Waals surface area contributed by atoms with Gasteiger partial charge in [-0.1, -0.05) is 13.0 Å².